The molecule has 0 aliphatic carbocycles. The van der Waals surface area contributed by atoms with Crippen molar-refractivity contribution in [1.29, 1.82) is 5.41 Å². The Morgan fingerprint density at radius 3 is 2.45 bits per heavy atom. The average Bonchev–Trinajstić information content (AvgIpc) is 3.11. The van der Waals surface area contributed by atoms with Gasteiger partial charge in [0.25, 0.3) is 0 Å². The summed E-state index contributed by atoms with van der Waals surface area (Å²) in [6, 6.07) is 5.96. The predicted molar refractivity (Wildman–Crippen MR) is 202 cm³/mol. The number of aliphatic imine (C=N–C) groups is 2. The maximum Gasteiger partial charge on any atom is 0.422 e. The van der Waals surface area contributed by atoms with Crippen LogP contribution in [0.4, 0.5) is 24.5 Å². The number of alkyl halides is 3. The summed E-state index contributed by atoms with van der Waals surface area (Å²) in [5, 5.41) is 11.5. The number of nitrogens with one attached hydrogen (secondary N) is 2. The van der Waals surface area contributed by atoms with Crippen LogP contribution in [0.15, 0.2) is 34.8 Å². The molecule has 0 amide bonds. The smallest absolute Gasteiger partial charge is 0.422 e. The van der Waals surface area contributed by atoms with E-state index in [1.54, 1.807) is 18.2 Å². The van der Waals surface area contributed by atoms with Gasteiger partial charge in [-0.2, -0.15) is 13.2 Å². The molecule has 0 atom stereocenters. The topological polar surface area (TPSA) is 112 Å². The molecule has 3 aliphatic rings. The highest BCUT2D eigenvalue weighted by Gasteiger charge is 2.40. The van der Waals surface area contributed by atoms with Gasteiger partial charge in [-0.1, -0.05) is 18.7 Å². The van der Waals surface area contributed by atoms with Crippen molar-refractivity contribution >= 4 is 36.2 Å². The summed E-state index contributed by atoms with van der Waals surface area (Å²) in [4.78, 5) is 14.4. The lowest BCUT2D eigenvalue weighted by Crippen LogP contribution is -2.55. The van der Waals surface area contributed by atoms with Crippen molar-refractivity contribution < 1.29 is 22.6 Å². The molecule has 0 spiro atoms. The van der Waals surface area contributed by atoms with E-state index in [1.165, 1.54) is 0 Å². The number of nitrogens with two attached hydrogens (primary N) is 1. The number of rotatable bonds is 14. The first-order chi connectivity index (χ1) is 24.4. The molecule has 4 N–H and O–H groups in total. The fourth-order valence-electron chi connectivity index (χ4n) is 8.26. The van der Waals surface area contributed by atoms with Crippen molar-refractivity contribution in [3.63, 3.8) is 0 Å². The van der Waals surface area contributed by atoms with Gasteiger partial charge < -0.3 is 35.7 Å². The minimum absolute atomic E-state index is 0.00711. The van der Waals surface area contributed by atoms with Crippen LogP contribution in [0.1, 0.15) is 60.8 Å². The summed E-state index contributed by atoms with van der Waals surface area (Å²) >= 11 is 0. The third-order valence-corrected chi connectivity index (χ3v) is 10.9. The van der Waals surface area contributed by atoms with Crippen molar-refractivity contribution in [2.45, 2.75) is 64.1 Å². The Bertz CT molecular complexity index is 1590. The number of amidine groups is 1. The maximum absolute atomic E-state index is 14.0. The highest BCUT2D eigenvalue weighted by molar-refractivity contribution is 6.01. The zero-order chi connectivity index (χ0) is 36.8. The number of anilines is 1. The van der Waals surface area contributed by atoms with E-state index in [4.69, 9.17) is 25.6 Å². The van der Waals surface area contributed by atoms with Crippen molar-refractivity contribution in [2.75, 3.05) is 72.4 Å². The highest BCUT2D eigenvalue weighted by atomic mass is 19.4. The first kappa shape index (κ1) is 38.6. The van der Waals surface area contributed by atoms with E-state index in [-0.39, 0.29) is 17.1 Å². The molecule has 0 saturated carbocycles. The summed E-state index contributed by atoms with van der Waals surface area (Å²) in [7, 11) is 4.05. The number of nitrogens with zero attached hydrogens (tertiary/aromatic N) is 4. The number of benzene rings is 2. The zero-order valence-corrected chi connectivity index (χ0v) is 30.4. The fraction of sp³-hybridized carbons (Fsp3) is 0.564. The van der Waals surface area contributed by atoms with Crippen LogP contribution in [0.3, 0.4) is 0 Å². The van der Waals surface area contributed by atoms with E-state index in [1.807, 2.05) is 20.0 Å². The van der Waals surface area contributed by atoms with Crippen LogP contribution in [0.25, 0.3) is 17.2 Å². The molecule has 3 heterocycles. The molecule has 0 bridgehead atoms. The number of ether oxygens (including phenoxy) is 2. The van der Waals surface area contributed by atoms with Gasteiger partial charge in [0.2, 0.25) is 0 Å². The molecule has 9 nitrogen and oxygen atoms in total. The number of likely N-dealkylation sites (tertiary alicyclic amines) is 2. The summed E-state index contributed by atoms with van der Waals surface area (Å²) < 4.78 is 53.5. The largest absolute Gasteiger partial charge is 0.481 e. The quantitative estimate of drug-likeness (QED) is 0.112. The van der Waals surface area contributed by atoms with Crippen molar-refractivity contribution in [3.8, 4) is 16.9 Å². The van der Waals surface area contributed by atoms with Crippen LogP contribution >= 0.6 is 0 Å². The molecule has 51 heavy (non-hydrogen) atoms. The van der Waals surface area contributed by atoms with Crippen LogP contribution in [0, 0.1) is 23.7 Å². The zero-order valence-electron chi connectivity index (χ0n) is 30.4. The Hall–Kier alpha value is -3.58. The minimum Gasteiger partial charge on any atom is -0.481 e. The SMILES string of the molecule is C=Cc1cc(CCC2(CCNC)CN(C)C2)c(/N=C(\N=C)C2CCN(C3CCOCC3)CC2)c(OCC(F)(F)F)c1-c1c(C)ccc(N)c1C=N. The Labute approximate surface area is 300 Å². The number of hydrogen-bond acceptors (Lipinski definition) is 8. The van der Waals surface area contributed by atoms with Gasteiger partial charge >= 0.3 is 6.18 Å². The molecular weight excluding hydrogens is 655 g/mol. The summed E-state index contributed by atoms with van der Waals surface area (Å²) in [5.74, 6) is 0.479. The molecule has 0 aromatic heterocycles. The summed E-state index contributed by atoms with van der Waals surface area (Å²) in [6.07, 6.45) is 4.18. The molecule has 5 rings (SSSR count). The Kier molecular flexibility index (Phi) is 12.8. The van der Waals surface area contributed by atoms with Crippen LogP contribution < -0.4 is 15.8 Å². The second-order valence-electron chi connectivity index (χ2n) is 14.5. The summed E-state index contributed by atoms with van der Waals surface area (Å²) in [5.41, 5.74) is 10.5. The van der Waals surface area contributed by atoms with Crippen LogP contribution in [0.5, 0.6) is 5.75 Å². The van der Waals surface area contributed by atoms with Crippen LogP contribution in [-0.2, 0) is 11.2 Å². The van der Waals surface area contributed by atoms with Gasteiger partial charge in [0.1, 0.15) is 11.5 Å². The van der Waals surface area contributed by atoms with Gasteiger partial charge in [0.15, 0.2) is 12.4 Å². The van der Waals surface area contributed by atoms with E-state index in [0.717, 1.165) is 102 Å². The van der Waals surface area contributed by atoms with Gasteiger partial charge in [-0.05, 0) is 132 Å². The Morgan fingerprint density at radius 2 is 1.86 bits per heavy atom. The van der Waals surface area contributed by atoms with Crippen LogP contribution in [-0.4, -0.2) is 107 Å². The lowest BCUT2D eigenvalue weighted by molar-refractivity contribution is -0.153. The average molecular weight is 710 g/mol. The first-order valence-corrected chi connectivity index (χ1v) is 18.0. The third-order valence-electron chi connectivity index (χ3n) is 10.9. The molecule has 2 aromatic rings. The molecule has 2 aromatic carbocycles. The molecule has 0 radical (unpaired) electrons. The van der Waals surface area contributed by atoms with Crippen LogP contribution in [0.2, 0.25) is 0 Å². The highest BCUT2D eigenvalue weighted by Crippen LogP contribution is 2.49. The molecule has 3 saturated heterocycles. The predicted octanol–water partition coefficient (Wildman–Crippen LogP) is 6.92. The molecule has 3 aliphatic heterocycles. The molecule has 278 valence electrons. The Balaban J connectivity index is 1.66. The fourth-order valence-corrected chi connectivity index (χ4v) is 8.26. The molecule has 0 unspecified atom stereocenters. The van der Waals surface area contributed by atoms with E-state index < -0.39 is 12.8 Å². The molecule has 3 fully saturated rings. The normalized spacial score (nSPS) is 19.5. The van der Waals surface area contributed by atoms with Gasteiger partial charge in [-0.3, -0.25) is 0 Å². The second-order valence-corrected chi connectivity index (χ2v) is 14.5. The number of piperidine rings is 1. The van der Waals surface area contributed by atoms with Gasteiger partial charge in [0, 0.05) is 61.3 Å². The minimum atomic E-state index is -4.61. The van der Waals surface area contributed by atoms with E-state index >= 15 is 0 Å². The van der Waals surface area contributed by atoms with Gasteiger partial charge in [-0.15, -0.1) is 0 Å². The van der Waals surface area contributed by atoms with Gasteiger partial charge in [-0.25, -0.2) is 9.98 Å². The second kappa shape index (κ2) is 16.8. The third kappa shape index (κ3) is 9.08. The van der Waals surface area contributed by atoms with E-state index in [0.29, 0.717) is 51.9 Å². The van der Waals surface area contributed by atoms with Crippen molar-refractivity contribution in [2.24, 2.45) is 21.3 Å². The van der Waals surface area contributed by atoms with Crippen molar-refractivity contribution in [1.82, 2.24) is 15.1 Å². The summed E-state index contributed by atoms with van der Waals surface area (Å²) in [6.45, 7) is 14.3. The maximum atomic E-state index is 14.0. The number of aryl methyl sites for hydroxylation is 2. The van der Waals surface area contributed by atoms with Gasteiger partial charge in [0.05, 0.1) is 0 Å². The van der Waals surface area contributed by atoms with E-state index in [2.05, 4.69) is 40.5 Å². The molecular formula is C39H54F3N7O2. The molecule has 12 heteroatoms. The monoisotopic (exact) mass is 709 g/mol. The lowest BCUT2D eigenvalue weighted by Gasteiger charge is -2.49. The Morgan fingerprint density at radius 1 is 1.16 bits per heavy atom. The first-order valence-electron chi connectivity index (χ1n) is 18.0. The number of hydrogen-bond donors (Lipinski definition) is 3. The lowest BCUT2D eigenvalue weighted by atomic mass is 9.72. The van der Waals surface area contributed by atoms with E-state index in [9.17, 15) is 13.2 Å². The van der Waals surface area contributed by atoms with Crippen molar-refractivity contribution in [3.05, 3.63) is 47.0 Å². The standard InChI is InChI=1S/C39H54F3N7O2/c1-6-27-21-29(9-14-38(15-16-45-3)23-48(5)24-38)35(47-37(46-4)28-10-17-49(18-11-28)30-12-19-50-20-13-30)36(51-25-39(40,41)42)34(27)33-26(2)7-8-32(44)31(33)22-43/h6-8,21-22,28,30,43,45H,1,4,9-20,23-25,44H2,2-3,5H3/b43-22?,47-37-. The number of halogens is 3. The number of nitrogen functional groups attached to an aromatic ring is 1.